The summed E-state index contributed by atoms with van der Waals surface area (Å²) in [4.78, 5) is 15.0. The third-order valence-electron chi connectivity index (χ3n) is 2.59. The minimum absolute atomic E-state index is 0.108. The number of benzene rings is 1. The van der Waals surface area contributed by atoms with E-state index in [0.717, 1.165) is 11.8 Å². The zero-order chi connectivity index (χ0) is 14.0. The number of carboxylic acid groups (broad SMARTS) is 1. The van der Waals surface area contributed by atoms with Gasteiger partial charge in [-0.1, -0.05) is 12.1 Å². The highest BCUT2D eigenvalue weighted by atomic mass is 32.2. The van der Waals surface area contributed by atoms with E-state index >= 15 is 0 Å². The first-order chi connectivity index (χ1) is 8.88. The maximum atomic E-state index is 11.3. The van der Waals surface area contributed by atoms with Crippen molar-refractivity contribution in [1.29, 1.82) is 0 Å². The Morgan fingerprint density at radius 1 is 1.11 bits per heavy atom. The molecule has 0 radical (unpaired) electrons. The highest BCUT2D eigenvalue weighted by Crippen LogP contribution is 2.19. The second-order valence-corrected chi connectivity index (χ2v) is 6.05. The van der Waals surface area contributed by atoms with Crippen molar-refractivity contribution in [2.24, 2.45) is 0 Å². The summed E-state index contributed by atoms with van der Waals surface area (Å²) in [6.07, 6.45) is 2.41. The van der Waals surface area contributed by atoms with Crippen LogP contribution in [0.5, 0.6) is 0 Å². The first kappa shape index (κ1) is 13.2. The van der Waals surface area contributed by atoms with Crippen LogP contribution >= 0.6 is 0 Å². The van der Waals surface area contributed by atoms with Gasteiger partial charge >= 0.3 is 5.97 Å². The molecule has 19 heavy (non-hydrogen) atoms. The van der Waals surface area contributed by atoms with Crippen LogP contribution in [0.15, 0.2) is 47.5 Å². The summed E-state index contributed by atoms with van der Waals surface area (Å²) in [5, 5.41) is 8.77. The van der Waals surface area contributed by atoms with Crippen LogP contribution in [0.3, 0.4) is 0 Å². The standard InChI is InChI=1S/C13H11NO4S/c1-19(17,18)11-5-2-9(3-6-11)12-7-4-10(8-14-12)13(15)16/h2-8H,1H3,(H,15,16). The Hall–Kier alpha value is -2.21. The van der Waals surface area contributed by atoms with Crippen LogP contribution in [0.1, 0.15) is 10.4 Å². The number of hydrogen-bond acceptors (Lipinski definition) is 4. The van der Waals surface area contributed by atoms with E-state index in [1.807, 2.05) is 0 Å². The fourth-order valence-electron chi connectivity index (χ4n) is 1.56. The molecular weight excluding hydrogens is 266 g/mol. The molecule has 0 unspecified atom stereocenters. The van der Waals surface area contributed by atoms with E-state index in [0.29, 0.717) is 5.69 Å². The molecule has 6 heteroatoms. The molecule has 0 aliphatic rings. The molecule has 1 aromatic carbocycles. The van der Waals surface area contributed by atoms with Crippen molar-refractivity contribution < 1.29 is 18.3 Å². The number of pyridine rings is 1. The zero-order valence-electron chi connectivity index (χ0n) is 10.1. The number of hydrogen-bond donors (Lipinski definition) is 1. The van der Waals surface area contributed by atoms with Crippen LogP contribution in [0, 0.1) is 0 Å². The van der Waals surface area contributed by atoms with Gasteiger partial charge in [0.25, 0.3) is 0 Å². The number of carbonyl (C=O) groups is 1. The monoisotopic (exact) mass is 277 g/mol. The summed E-state index contributed by atoms with van der Waals surface area (Å²) in [5.41, 5.74) is 1.42. The van der Waals surface area contributed by atoms with Crippen LogP contribution in [0.25, 0.3) is 11.3 Å². The number of aromatic nitrogens is 1. The Labute approximate surface area is 110 Å². The van der Waals surface area contributed by atoms with Crippen molar-refractivity contribution in [2.45, 2.75) is 4.90 Å². The number of aromatic carboxylic acids is 1. The molecule has 0 aliphatic carbocycles. The van der Waals surface area contributed by atoms with Gasteiger partial charge in [0.15, 0.2) is 9.84 Å². The molecule has 0 amide bonds. The SMILES string of the molecule is CS(=O)(=O)c1ccc(-c2ccc(C(=O)O)cn2)cc1. The average Bonchev–Trinajstić information content (AvgIpc) is 2.38. The minimum Gasteiger partial charge on any atom is -0.478 e. The molecule has 1 heterocycles. The van der Waals surface area contributed by atoms with E-state index in [-0.39, 0.29) is 10.5 Å². The van der Waals surface area contributed by atoms with Gasteiger partial charge in [0.1, 0.15) is 0 Å². The summed E-state index contributed by atoms with van der Waals surface area (Å²) in [5.74, 6) is -1.04. The predicted octanol–water partition coefficient (Wildman–Crippen LogP) is 1.85. The molecule has 1 N–H and O–H groups in total. The van der Waals surface area contributed by atoms with Crippen LogP contribution in [0.4, 0.5) is 0 Å². The zero-order valence-corrected chi connectivity index (χ0v) is 10.9. The number of rotatable bonds is 3. The summed E-state index contributed by atoms with van der Waals surface area (Å²) >= 11 is 0. The summed E-state index contributed by atoms with van der Waals surface area (Å²) < 4.78 is 22.6. The normalized spacial score (nSPS) is 11.2. The first-order valence-corrected chi connectivity index (χ1v) is 7.27. The first-order valence-electron chi connectivity index (χ1n) is 5.38. The summed E-state index contributed by atoms with van der Waals surface area (Å²) in [7, 11) is -3.22. The highest BCUT2D eigenvalue weighted by molar-refractivity contribution is 7.90. The van der Waals surface area contributed by atoms with Gasteiger partial charge in [0.2, 0.25) is 0 Å². The molecule has 5 nitrogen and oxygen atoms in total. The fourth-order valence-corrected chi connectivity index (χ4v) is 2.19. The lowest BCUT2D eigenvalue weighted by Crippen LogP contribution is -1.98. The van der Waals surface area contributed by atoms with Crippen LogP contribution < -0.4 is 0 Å². The van der Waals surface area contributed by atoms with Gasteiger partial charge in [0.05, 0.1) is 16.2 Å². The lowest BCUT2D eigenvalue weighted by atomic mass is 10.1. The lowest BCUT2D eigenvalue weighted by Gasteiger charge is -2.03. The Balaban J connectivity index is 2.35. The maximum absolute atomic E-state index is 11.3. The molecule has 2 rings (SSSR count). The lowest BCUT2D eigenvalue weighted by molar-refractivity contribution is 0.0696. The molecule has 0 bridgehead atoms. The predicted molar refractivity (Wildman–Crippen MR) is 69.7 cm³/mol. The van der Waals surface area contributed by atoms with Crippen molar-refractivity contribution in [3.63, 3.8) is 0 Å². The van der Waals surface area contributed by atoms with Crippen LogP contribution in [0.2, 0.25) is 0 Å². The Morgan fingerprint density at radius 2 is 1.74 bits per heavy atom. The maximum Gasteiger partial charge on any atom is 0.337 e. The quantitative estimate of drug-likeness (QED) is 0.925. The molecule has 0 saturated carbocycles. The van der Waals surface area contributed by atoms with Crippen molar-refractivity contribution in [3.05, 3.63) is 48.2 Å². The van der Waals surface area contributed by atoms with Crippen LogP contribution in [-0.2, 0) is 9.84 Å². The molecule has 98 valence electrons. The van der Waals surface area contributed by atoms with Gasteiger partial charge in [0, 0.05) is 18.0 Å². The van der Waals surface area contributed by atoms with E-state index in [4.69, 9.17) is 5.11 Å². The van der Waals surface area contributed by atoms with Crippen molar-refractivity contribution in [2.75, 3.05) is 6.26 Å². The number of nitrogens with zero attached hydrogens (tertiary/aromatic N) is 1. The molecule has 0 fully saturated rings. The molecule has 0 saturated heterocycles. The van der Waals surface area contributed by atoms with Crippen molar-refractivity contribution in [3.8, 4) is 11.3 Å². The molecule has 1 aromatic heterocycles. The second kappa shape index (κ2) is 4.81. The van der Waals surface area contributed by atoms with Gasteiger partial charge in [-0.05, 0) is 24.3 Å². The van der Waals surface area contributed by atoms with Gasteiger partial charge in [-0.2, -0.15) is 0 Å². The Bertz CT molecular complexity index is 703. The largest absolute Gasteiger partial charge is 0.478 e. The minimum atomic E-state index is -3.22. The van der Waals surface area contributed by atoms with E-state index in [2.05, 4.69) is 4.98 Å². The fraction of sp³-hybridized carbons (Fsp3) is 0.0769. The second-order valence-electron chi connectivity index (χ2n) is 4.03. The number of sulfone groups is 1. The van der Waals surface area contributed by atoms with E-state index < -0.39 is 15.8 Å². The molecule has 0 atom stereocenters. The Morgan fingerprint density at radius 3 is 2.16 bits per heavy atom. The van der Waals surface area contributed by atoms with Gasteiger partial charge in [-0.15, -0.1) is 0 Å². The van der Waals surface area contributed by atoms with E-state index in [1.54, 1.807) is 18.2 Å². The third-order valence-corrected chi connectivity index (χ3v) is 3.72. The molecule has 0 aliphatic heterocycles. The topological polar surface area (TPSA) is 84.3 Å². The van der Waals surface area contributed by atoms with Gasteiger partial charge < -0.3 is 5.11 Å². The summed E-state index contributed by atoms with van der Waals surface area (Å²) in [6.45, 7) is 0. The van der Waals surface area contributed by atoms with Crippen LogP contribution in [-0.4, -0.2) is 30.7 Å². The van der Waals surface area contributed by atoms with Crippen molar-refractivity contribution >= 4 is 15.8 Å². The Kier molecular flexibility index (Phi) is 3.35. The number of carboxylic acids is 1. The molecule has 0 spiro atoms. The summed E-state index contributed by atoms with van der Waals surface area (Å²) in [6, 6.07) is 9.31. The average molecular weight is 277 g/mol. The van der Waals surface area contributed by atoms with Crippen molar-refractivity contribution in [1.82, 2.24) is 4.98 Å². The van der Waals surface area contributed by atoms with Gasteiger partial charge in [-0.3, -0.25) is 4.98 Å². The molecule has 2 aromatic rings. The third kappa shape index (κ3) is 2.97. The van der Waals surface area contributed by atoms with E-state index in [9.17, 15) is 13.2 Å². The van der Waals surface area contributed by atoms with E-state index in [1.165, 1.54) is 24.4 Å². The van der Waals surface area contributed by atoms with Gasteiger partial charge in [-0.25, -0.2) is 13.2 Å². The highest BCUT2D eigenvalue weighted by Gasteiger charge is 2.08. The smallest absolute Gasteiger partial charge is 0.337 e. The molecular formula is C13H11NO4S.